The Morgan fingerprint density at radius 1 is 0.273 bits per heavy atom. The maximum absolute atomic E-state index is 12.3. The lowest BCUT2D eigenvalue weighted by atomic mass is 9.91. The first kappa shape index (κ1) is 55.4. The summed E-state index contributed by atoms with van der Waals surface area (Å²) in [4.78, 5) is 16.0. The molecule has 6 heteroatoms. The summed E-state index contributed by atoms with van der Waals surface area (Å²) in [7, 11) is 0. The van der Waals surface area contributed by atoms with Crippen molar-refractivity contribution in [3.63, 3.8) is 0 Å². The highest BCUT2D eigenvalue weighted by atomic mass is 15.1. The van der Waals surface area contributed by atoms with Gasteiger partial charge < -0.3 is 9.13 Å². The third kappa shape index (κ3) is 9.37. The summed E-state index contributed by atoms with van der Waals surface area (Å²) >= 11 is 0. The molecule has 0 aliphatic heterocycles. The molecular formula is C82H68N6. The molecule has 0 bridgehead atoms. The van der Waals surface area contributed by atoms with E-state index in [2.05, 4.69) is 232 Å². The van der Waals surface area contributed by atoms with Gasteiger partial charge in [-0.3, -0.25) is 0 Å². The van der Waals surface area contributed by atoms with Crippen LogP contribution in [0, 0.1) is 94.4 Å². The minimum atomic E-state index is 0.488. The van der Waals surface area contributed by atoms with Crippen molar-refractivity contribution in [3.8, 4) is 96.1 Å². The van der Waals surface area contributed by atoms with Crippen molar-refractivity contribution in [1.82, 2.24) is 24.1 Å². The second-order valence-electron chi connectivity index (χ2n) is 24.7. The molecule has 0 N–H and O–H groups in total. The van der Waals surface area contributed by atoms with Gasteiger partial charge >= 0.3 is 0 Å². The van der Waals surface area contributed by atoms with Crippen molar-refractivity contribution in [2.24, 2.45) is 0 Å². The average molecular weight is 1140 g/mol. The normalized spacial score (nSPS) is 11.6. The molecule has 0 spiro atoms. The van der Waals surface area contributed by atoms with Crippen LogP contribution in [-0.4, -0.2) is 24.1 Å². The van der Waals surface area contributed by atoms with Crippen molar-refractivity contribution >= 4 is 43.6 Å². The molecule has 88 heavy (non-hydrogen) atoms. The molecule has 6 nitrogen and oxygen atoms in total. The molecule has 3 heterocycles. The van der Waals surface area contributed by atoms with Gasteiger partial charge in [-0.15, -0.1) is 0 Å². The van der Waals surface area contributed by atoms with Crippen LogP contribution in [0.1, 0.15) is 72.3 Å². The molecule has 0 saturated heterocycles. The van der Waals surface area contributed by atoms with Crippen molar-refractivity contribution < 1.29 is 0 Å². The highest BCUT2D eigenvalue weighted by molar-refractivity contribution is 6.14. The van der Waals surface area contributed by atoms with Crippen molar-refractivity contribution in [3.05, 3.63) is 266 Å². The lowest BCUT2D eigenvalue weighted by Crippen LogP contribution is -2.07. The standard InChI is InChI=1S/C82H68N6/c1-46-31-50(5)76(51(6)32-46)60-23-27-70-65(39-60)66-40-61(77-52(7)33-47(2)34-53(77)8)24-28-71(66)87(70)74-43-64(82-85-80(58-19-15-13-16-20-58)84-81(86-82)59-21-17-14-18-22-59)44-75(69(74)45-83)88-72-29-25-62(78-54(9)35-48(3)36-55(78)10)41-67(72)68-42-63(26-30-73(68)88)79-56(11)37-49(4)38-57(79)12/h13-44H,1-12H3. The Bertz CT molecular complexity index is 4640. The van der Waals surface area contributed by atoms with Crippen LogP contribution in [0.25, 0.3) is 134 Å². The molecule has 14 rings (SSSR count). The molecule has 0 aliphatic carbocycles. The summed E-state index contributed by atoms with van der Waals surface area (Å²) in [5.74, 6) is 1.59. The van der Waals surface area contributed by atoms with Crippen molar-refractivity contribution in [2.45, 2.75) is 83.1 Å². The Morgan fingerprint density at radius 3 is 0.773 bits per heavy atom. The number of benzene rings is 11. The van der Waals surface area contributed by atoms with Crippen LogP contribution < -0.4 is 0 Å². The van der Waals surface area contributed by atoms with Crippen LogP contribution >= 0.6 is 0 Å². The maximum Gasteiger partial charge on any atom is 0.164 e. The van der Waals surface area contributed by atoms with Crippen LogP contribution in [0.3, 0.4) is 0 Å². The number of fused-ring (bicyclic) bond motifs is 6. The smallest absolute Gasteiger partial charge is 0.164 e. The molecule has 0 saturated carbocycles. The van der Waals surface area contributed by atoms with Crippen LogP contribution in [-0.2, 0) is 0 Å². The lowest BCUT2D eigenvalue weighted by Gasteiger charge is -2.19. The van der Waals surface area contributed by atoms with E-state index in [4.69, 9.17) is 15.0 Å². The first-order chi connectivity index (χ1) is 42.5. The Morgan fingerprint density at radius 2 is 0.523 bits per heavy atom. The quantitative estimate of drug-likeness (QED) is 0.144. The van der Waals surface area contributed by atoms with Gasteiger partial charge in [-0.05, 0) is 233 Å². The molecule has 14 aromatic rings. The average Bonchev–Trinajstić information content (AvgIpc) is 1.57. The summed E-state index contributed by atoms with van der Waals surface area (Å²) in [6, 6.07) is 73.2. The van der Waals surface area contributed by atoms with Gasteiger partial charge in [0.05, 0.1) is 33.4 Å². The fraction of sp³-hybridized carbons (Fsp3) is 0.146. The second-order valence-corrected chi connectivity index (χ2v) is 24.7. The number of aryl methyl sites for hydroxylation is 12. The summed E-state index contributed by atoms with van der Waals surface area (Å²) in [6.45, 7) is 26.4. The van der Waals surface area contributed by atoms with E-state index in [1.54, 1.807) is 0 Å². The molecule has 0 fully saturated rings. The Kier molecular flexibility index (Phi) is 13.5. The maximum atomic E-state index is 12.3. The van der Waals surface area contributed by atoms with E-state index in [0.29, 0.717) is 34.4 Å². The number of hydrogen-bond acceptors (Lipinski definition) is 4. The van der Waals surface area contributed by atoms with E-state index in [-0.39, 0.29) is 0 Å². The van der Waals surface area contributed by atoms with Gasteiger partial charge in [0.2, 0.25) is 0 Å². The van der Waals surface area contributed by atoms with E-state index in [0.717, 1.165) is 82.6 Å². The zero-order valence-electron chi connectivity index (χ0n) is 52.2. The van der Waals surface area contributed by atoms with Crippen LogP contribution in [0.4, 0.5) is 0 Å². The minimum absolute atomic E-state index is 0.488. The Balaban J connectivity index is 1.12. The van der Waals surface area contributed by atoms with Gasteiger partial charge in [-0.25, -0.2) is 15.0 Å². The summed E-state index contributed by atoms with van der Waals surface area (Å²) in [5.41, 5.74) is 32.7. The second kappa shape index (κ2) is 21.5. The van der Waals surface area contributed by atoms with Gasteiger partial charge in [0.25, 0.3) is 0 Å². The van der Waals surface area contributed by atoms with Gasteiger partial charge in [0.15, 0.2) is 17.5 Å². The largest absolute Gasteiger partial charge is 0.308 e. The van der Waals surface area contributed by atoms with E-state index in [9.17, 15) is 5.26 Å². The van der Waals surface area contributed by atoms with Gasteiger partial charge in [-0.1, -0.05) is 156 Å². The third-order valence-electron chi connectivity index (χ3n) is 18.0. The van der Waals surface area contributed by atoms with Gasteiger partial charge in [0.1, 0.15) is 11.6 Å². The minimum Gasteiger partial charge on any atom is -0.308 e. The number of nitriles is 1. The Hall–Kier alpha value is -10.5. The number of hydrogen-bond donors (Lipinski definition) is 0. The Labute approximate surface area is 515 Å². The van der Waals surface area contributed by atoms with Crippen molar-refractivity contribution in [2.75, 3.05) is 0 Å². The highest BCUT2D eigenvalue weighted by Crippen LogP contribution is 2.45. The number of nitrogens with zero attached hydrogens (tertiary/aromatic N) is 6. The van der Waals surface area contributed by atoms with E-state index >= 15 is 0 Å². The van der Waals surface area contributed by atoms with Gasteiger partial charge in [0, 0.05) is 38.2 Å². The highest BCUT2D eigenvalue weighted by Gasteiger charge is 2.26. The molecule has 0 unspecified atom stereocenters. The summed E-state index contributed by atoms with van der Waals surface area (Å²) in [6.07, 6.45) is 0. The van der Waals surface area contributed by atoms with E-state index < -0.39 is 0 Å². The molecule has 0 radical (unpaired) electrons. The molecule has 426 valence electrons. The molecular weight excluding hydrogens is 1070 g/mol. The molecule has 0 atom stereocenters. The molecule has 0 amide bonds. The first-order valence-electron chi connectivity index (χ1n) is 30.5. The van der Waals surface area contributed by atoms with Crippen LogP contribution in [0.5, 0.6) is 0 Å². The monoisotopic (exact) mass is 1140 g/mol. The topological polar surface area (TPSA) is 72.3 Å². The fourth-order valence-corrected chi connectivity index (χ4v) is 14.9. The number of rotatable bonds is 9. The zero-order valence-corrected chi connectivity index (χ0v) is 52.2. The predicted octanol–water partition coefficient (Wildman–Crippen LogP) is 21.3. The SMILES string of the molecule is Cc1cc(C)c(-c2ccc3c(c2)c2cc(-c4c(C)cc(C)cc4C)ccc2n3-c2cc(-c3nc(-c4ccccc4)nc(-c4ccccc4)n3)cc(-n3c4ccc(-c5c(C)cc(C)cc5C)cc4c4cc(-c5c(C)cc(C)cc5C)ccc43)c2C#N)c(C)c1. The van der Waals surface area contributed by atoms with Crippen molar-refractivity contribution in [1.29, 1.82) is 5.26 Å². The van der Waals surface area contributed by atoms with E-state index in [1.807, 2.05) is 60.7 Å². The number of aromatic nitrogens is 5. The van der Waals surface area contributed by atoms with Crippen LogP contribution in [0.15, 0.2) is 194 Å². The lowest BCUT2D eigenvalue weighted by molar-refractivity contribution is 1.06. The predicted molar refractivity (Wildman–Crippen MR) is 368 cm³/mol. The van der Waals surface area contributed by atoms with Crippen LogP contribution in [0.2, 0.25) is 0 Å². The summed E-state index contributed by atoms with van der Waals surface area (Å²) in [5, 5.41) is 16.7. The zero-order chi connectivity index (χ0) is 61.0. The first-order valence-corrected chi connectivity index (χ1v) is 30.5. The van der Waals surface area contributed by atoms with E-state index in [1.165, 1.54) is 89.0 Å². The third-order valence-corrected chi connectivity index (χ3v) is 18.0. The molecule has 3 aromatic heterocycles. The van der Waals surface area contributed by atoms with Gasteiger partial charge in [-0.2, -0.15) is 5.26 Å². The molecule has 11 aromatic carbocycles. The summed E-state index contributed by atoms with van der Waals surface area (Å²) < 4.78 is 4.64. The molecule has 0 aliphatic rings. The fourth-order valence-electron chi connectivity index (χ4n) is 14.9.